The van der Waals surface area contributed by atoms with Gasteiger partial charge in [-0.3, -0.25) is 9.59 Å². The molecule has 0 saturated heterocycles. The predicted molar refractivity (Wildman–Crippen MR) is 88.1 cm³/mol. The molecule has 7 heteroatoms. The third kappa shape index (κ3) is 6.76. The summed E-state index contributed by atoms with van der Waals surface area (Å²) in [6.45, 7) is 3.25. The van der Waals surface area contributed by atoms with Crippen LogP contribution in [0.4, 0.5) is 0 Å². The summed E-state index contributed by atoms with van der Waals surface area (Å²) in [6.07, 6.45) is -1.87. The third-order valence-electron chi connectivity index (χ3n) is 3.40. The van der Waals surface area contributed by atoms with Crippen molar-refractivity contribution >= 4 is 11.7 Å². The van der Waals surface area contributed by atoms with E-state index in [0.717, 1.165) is 5.56 Å². The van der Waals surface area contributed by atoms with Gasteiger partial charge < -0.3 is 25.4 Å². The second-order valence-electron chi connectivity index (χ2n) is 5.64. The molecule has 2 atom stereocenters. The van der Waals surface area contributed by atoms with Crippen molar-refractivity contribution in [2.75, 3.05) is 26.4 Å². The highest BCUT2D eigenvalue weighted by Crippen LogP contribution is 2.10. The maximum absolute atomic E-state index is 12.1. The first-order chi connectivity index (χ1) is 11.3. The van der Waals surface area contributed by atoms with Gasteiger partial charge in [0.25, 0.3) is 5.91 Å². The molecule has 1 amide bonds. The van der Waals surface area contributed by atoms with Crippen molar-refractivity contribution in [1.29, 1.82) is 0 Å². The van der Waals surface area contributed by atoms with Crippen molar-refractivity contribution in [2.45, 2.75) is 32.5 Å². The highest BCUT2D eigenvalue weighted by atomic mass is 16.5. The van der Waals surface area contributed by atoms with Crippen molar-refractivity contribution in [3.05, 3.63) is 34.9 Å². The molecule has 7 nitrogen and oxygen atoms in total. The summed E-state index contributed by atoms with van der Waals surface area (Å²) >= 11 is 0. The van der Waals surface area contributed by atoms with E-state index in [1.807, 2.05) is 0 Å². The van der Waals surface area contributed by atoms with E-state index < -0.39 is 18.1 Å². The van der Waals surface area contributed by atoms with Crippen LogP contribution in [0.1, 0.15) is 39.6 Å². The molecule has 0 saturated carbocycles. The number of carbonyl (C=O) groups excluding carboxylic acids is 2. The Bertz CT molecular complexity index is 560. The Morgan fingerprint density at radius 3 is 2.46 bits per heavy atom. The molecule has 1 rings (SSSR count). The fourth-order valence-corrected chi connectivity index (χ4v) is 2.03. The fourth-order valence-electron chi connectivity index (χ4n) is 2.03. The summed E-state index contributed by atoms with van der Waals surface area (Å²) in [5.41, 5.74) is 1.55. The van der Waals surface area contributed by atoms with E-state index in [2.05, 4.69) is 5.32 Å². The zero-order valence-corrected chi connectivity index (χ0v) is 14.0. The van der Waals surface area contributed by atoms with Crippen LogP contribution in [-0.2, 0) is 4.74 Å². The van der Waals surface area contributed by atoms with Gasteiger partial charge in [-0.05, 0) is 44.0 Å². The number of aliphatic hydroxyl groups excluding tert-OH is 3. The molecule has 24 heavy (non-hydrogen) atoms. The molecule has 0 spiro atoms. The lowest BCUT2D eigenvalue weighted by Crippen LogP contribution is -2.41. The van der Waals surface area contributed by atoms with Gasteiger partial charge in [-0.2, -0.15) is 0 Å². The number of aliphatic hydroxyl groups is 3. The summed E-state index contributed by atoms with van der Waals surface area (Å²) in [6, 6.07) is 4.83. The Labute approximate surface area is 141 Å². The van der Waals surface area contributed by atoms with E-state index in [4.69, 9.17) is 9.84 Å². The summed E-state index contributed by atoms with van der Waals surface area (Å²) in [4.78, 5) is 23.6. The molecule has 0 aliphatic carbocycles. The van der Waals surface area contributed by atoms with Gasteiger partial charge in [-0.1, -0.05) is 0 Å². The van der Waals surface area contributed by atoms with E-state index in [0.29, 0.717) is 17.5 Å². The molecule has 0 heterocycles. The molecule has 0 aliphatic heterocycles. The number of amides is 1. The number of rotatable bonds is 10. The van der Waals surface area contributed by atoms with Crippen LogP contribution in [0.2, 0.25) is 0 Å². The molecule has 1 aromatic rings. The van der Waals surface area contributed by atoms with Crippen molar-refractivity contribution in [3.8, 4) is 0 Å². The first-order valence-corrected chi connectivity index (χ1v) is 7.80. The summed E-state index contributed by atoms with van der Waals surface area (Å²) in [7, 11) is 0. The monoisotopic (exact) mass is 339 g/mol. The van der Waals surface area contributed by atoms with Crippen LogP contribution in [0, 0.1) is 6.92 Å². The van der Waals surface area contributed by atoms with Crippen molar-refractivity contribution in [1.82, 2.24) is 5.32 Å². The predicted octanol–water partition coefficient (Wildman–Crippen LogP) is 0.0482. The zero-order chi connectivity index (χ0) is 18.1. The van der Waals surface area contributed by atoms with Crippen LogP contribution < -0.4 is 5.32 Å². The second kappa shape index (κ2) is 10.1. The average molecular weight is 339 g/mol. The number of hydrogen-bond donors (Lipinski definition) is 4. The molecule has 0 aromatic heterocycles. The van der Waals surface area contributed by atoms with Crippen LogP contribution >= 0.6 is 0 Å². The van der Waals surface area contributed by atoms with E-state index in [1.165, 1.54) is 13.0 Å². The minimum Gasteiger partial charge on any atom is -0.396 e. The minimum atomic E-state index is -1.18. The number of benzene rings is 1. The molecule has 2 unspecified atom stereocenters. The van der Waals surface area contributed by atoms with Crippen molar-refractivity contribution < 1.29 is 29.6 Å². The largest absolute Gasteiger partial charge is 0.396 e. The van der Waals surface area contributed by atoms with E-state index >= 15 is 0 Å². The van der Waals surface area contributed by atoms with Crippen LogP contribution in [-0.4, -0.2) is 65.6 Å². The summed E-state index contributed by atoms with van der Waals surface area (Å²) < 4.78 is 5.09. The van der Waals surface area contributed by atoms with Gasteiger partial charge >= 0.3 is 0 Å². The number of carbonyl (C=O) groups is 2. The molecule has 1 aromatic carbocycles. The second-order valence-corrected chi connectivity index (χ2v) is 5.64. The highest BCUT2D eigenvalue weighted by Gasteiger charge is 2.18. The molecular weight excluding hydrogens is 314 g/mol. The Morgan fingerprint density at radius 1 is 1.17 bits per heavy atom. The van der Waals surface area contributed by atoms with Crippen molar-refractivity contribution in [3.63, 3.8) is 0 Å². The van der Waals surface area contributed by atoms with Gasteiger partial charge in [-0.25, -0.2) is 0 Å². The van der Waals surface area contributed by atoms with E-state index in [9.17, 15) is 19.8 Å². The Balaban J connectivity index is 2.52. The topological polar surface area (TPSA) is 116 Å². The van der Waals surface area contributed by atoms with Crippen LogP contribution in [0.25, 0.3) is 0 Å². The molecule has 0 radical (unpaired) electrons. The van der Waals surface area contributed by atoms with Gasteiger partial charge in [0, 0.05) is 30.9 Å². The maximum Gasteiger partial charge on any atom is 0.251 e. The SMILES string of the molecule is CC(=O)c1cc(C)cc(C(=O)NCC(O)C(O)COCCCO)c1. The molecular formula is C17H25NO6. The normalized spacial score (nSPS) is 13.4. The Hall–Kier alpha value is -1.80. The van der Waals surface area contributed by atoms with E-state index in [1.54, 1.807) is 19.1 Å². The number of ketones is 1. The molecule has 0 fully saturated rings. The standard InChI is InChI=1S/C17H25NO6/c1-11-6-13(12(2)20)8-14(7-11)17(23)18-9-15(21)16(22)10-24-5-3-4-19/h6-8,15-16,19,21-22H,3-5,9-10H2,1-2H3,(H,18,23). The highest BCUT2D eigenvalue weighted by molar-refractivity contribution is 5.99. The third-order valence-corrected chi connectivity index (χ3v) is 3.40. The summed E-state index contributed by atoms with van der Waals surface area (Å²) in [5.74, 6) is -0.572. The number of hydrogen-bond acceptors (Lipinski definition) is 6. The quantitative estimate of drug-likeness (QED) is 0.353. The maximum atomic E-state index is 12.1. The number of nitrogens with one attached hydrogen (secondary N) is 1. The number of Topliss-reactive ketones (excluding diaryl/α,β-unsaturated/α-hetero) is 1. The van der Waals surface area contributed by atoms with Crippen LogP contribution in [0.5, 0.6) is 0 Å². The molecule has 0 bridgehead atoms. The average Bonchev–Trinajstić information content (AvgIpc) is 2.55. The number of ether oxygens (including phenoxy) is 1. The van der Waals surface area contributed by atoms with Gasteiger partial charge in [0.1, 0.15) is 6.10 Å². The first kappa shape index (κ1) is 20.2. The first-order valence-electron chi connectivity index (χ1n) is 7.80. The Kier molecular flexibility index (Phi) is 8.56. The van der Waals surface area contributed by atoms with Gasteiger partial charge in [0.15, 0.2) is 5.78 Å². The number of aryl methyl sites for hydroxylation is 1. The fraction of sp³-hybridized carbons (Fsp3) is 0.529. The minimum absolute atomic E-state index is 0.00650. The van der Waals surface area contributed by atoms with Crippen molar-refractivity contribution in [2.24, 2.45) is 0 Å². The van der Waals surface area contributed by atoms with Gasteiger partial charge in [-0.15, -0.1) is 0 Å². The van der Waals surface area contributed by atoms with E-state index in [-0.39, 0.29) is 32.1 Å². The molecule has 4 N–H and O–H groups in total. The van der Waals surface area contributed by atoms with Gasteiger partial charge in [0.2, 0.25) is 0 Å². The zero-order valence-electron chi connectivity index (χ0n) is 14.0. The van der Waals surface area contributed by atoms with Gasteiger partial charge in [0.05, 0.1) is 12.7 Å². The van der Waals surface area contributed by atoms with Crippen LogP contribution in [0.15, 0.2) is 18.2 Å². The molecule has 134 valence electrons. The summed E-state index contributed by atoms with van der Waals surface area (Å²) in [5, 5.41) is 30.7. The van der Waals surface area contributed by atoms with Crippen LogP contribution in [0.3, 0.4) is 0 Å². The lowest BCUT2D eigenvalue weighted by atomic mass is 10.0. The molecule has 0 aliphatic rings. The Morgan fingerprint density at radius 2 is 1.83 bits per heavy atom. The lowest BCUT2D eigenvalue weighted by molar-refractivity contribution is -0.0379. The smallest absolute Gasteiger partial charge is 0.251 e. The lowest BCUT2D eigenvalue weighted by Gasteiger charge is -2.18.